The number of carbonyl (C=O) groups is 1. The normalized spacial score (nSPS) is 32.8. The monoisotopic (exact) mass is 346 g/mol. The second-order valence-corrected chi connectivity index (χ2v) is 7.63. The molecule has 3 fully saturated rings. The van der Waals surface area contributed by atoms with Crippen LogP contribution in [0.2, 0.25) is 0 Å². The van der Waals surface area contributed by atoms with E-state index < -0.39 is 0 Å². The molecule has 0 spiro atoms. The molecular weight excluding hydrogens is 319 g/mol. The highest BCUT2D eigenvalue weighted by atomic mass is 19.1. The van der Waals surface area contributed by atoms with E-state index in [1.165, 1.54) is 12.1 Å². The number of rotatable bonds is 4. The van der Waals surface area contributed by atoms with Crippen molar-refractivity contribution in [1.82, 2.24) is 9.80 Å². The van der Waals surface area contributed by atoms with Gasteiger partial charge in [-0.05, 0) is 36.0 Å². The molecule has 0 N–H and O–H groups in total. The van der Waals surface area contributed by atoms with Crippen molar-refractivity contribution in [2.45, 2.75) is 31.7 Å². The van der Waals surface area contributed by atoms with E-state index in [1.54, 1.807) is 0 Å². The second-order valence-electron chi connectivity index (χ2n) is 7.63. The van der Waals surface area contributed by atoms with Gasteiger partial charge in [0.1, 0.15) is 5.82 Å². The average molecular weight is 346 g/mol. The highest BCUT2D eigenvalue weighted by Gasteiger charge is 2.48. The third kappa shape index (κ3) is 3.44. The van der Waals surface area contributed by atoms with Crippen LogP contribution < -0.4 is 0 Å². The Morgan fingerprint density at radius 2 is 1.92 bits per heavy atom. The molecule has 136 valence electrons. The van der Waals surface area contributed by atoms with Gasteiger partial charge >= 0.3 is 0 Å². The van der Waals surface area contributed by atoms with Crippen molar-refractivity contribution in [3.8, 4) is 0 Å². The van der Waals surface area contributed by atoms with Gasteiger partial charge in [-0.3, -0.25) is 9.69 Å². The van der Waals surface area contributed by atoms with Gasteiger partial charge in [0.2, 0.25) is 5.91 Å². The molecule has 1 aromatic carbocycles. The Morgan fingerprint density at radius 1 is 1.20 bits per heavy atom. The Balaban J connectivity index is 1.39. The predicted octanol–water partition coefficient (Wildman–Crippen LogP) is 2.50. The van der Waals surface area contributed by atoms with Crippen molar-refractivity contribution in [2.75, 3.05) is 39.4 Å². The fourth-order valence-electron chi connectivity index (χ4n) is 4.54. The minimum absolute atomic E-state index is 0.0893. The molecule has 2 aliphatic heterocycles. The molecule has 4 atom stereocenters. The minimum Gasteiger partial charge on any atom is -0.379 e. The number of hydrogen-bond donors (Lipinski definition) is 0. The predicted molar refractivity (Wildman–Crippen MR) is 93.8 cm³/mol. The van der Waals surface area contributed by atoms with Gasteiger partial charge in [0.25, 0.3) is 0 Å². The second kappa shape index (κ2) is 7.04. The van der Waals surface area contributed by atoms with Gasteiger partial charge in [-0.25, -0.2) is 4.39 Å². The standard InChI is InChI=1S/C20H27FN2O2/c1-2-14-12-23(13-19(14)22-7-9-25-10-8-22)20(24)18-11-17(18)15-3-5-16(21)6-4-15/h3-6,14,17-19H,2,7-13H2,1H3/t14-,17-,18-,19+/m1/s1. The molecule has 0 bridgehead atoms. The summed E-state index contributed by atoms with van der Waals surface area (Å²) in [4.78, 5) is 17.6. The van der Waals surface area contributed by atoms with Crippen LogP contribution in [0.25, 0.3) is 0 Å². The lowest BCUT2D eigenvalue weighted by molar-refractivity contribution is -0.132. The first-order valence-electron chi connectivity index (χ1n) is 9.53. The summed E-state index contributed by atoms with van der Waals surface area (Å²) >= 11 is 0. The van der Waals surface area contributed by atoms with Crippen LogP contribution in [0.1, 0.15) is 31.2 Å². The summed E-state index contributed by atoms with van der Waals surface area (Å²) in [6, 6.07) is 7.10. The first-order chi connectivity index (χ1) is 12.2. The fourth-order valence-corrected chi connectivity index (χ4v) is 4.54. The van der Waals surface area contributed by atoms with Crippen LogP contribution in [0, 0.1) is 17.7 Å². The molecule has 25 heavy (non-hydrogen) atoms. The molecule has 0 aromatic heterocycles. The SMILES string of the molecule is CC[C@@H]1CN(C(=O)[C@@H]2C[C@@H]2c2ccc(F)cc2)C[C@@H]1N1CCOCC1. The minimum atomic E-state index is -0.217. The van der Waals surface area contributed by atoms with E-state index in [2.05, 4.69) is 16.7 Å². The van der Waals surface area contributed by atoms with Crippen LogP contribution in [0.3, 0.4) is 0 Å². The van der Waals surface area contributed by atoms with Crippen LogP contribution in [0.4, 0.5) is 4.39 Å². The van der Waals surface area contributed by atoms with Crippen molar-refractivity contribution in [3.63, 3.8) is 0 Å². The summed E-state index contributed by atoms with van der Waals surface area (Å²) in [6.45, 7) is 7.51. The van der Waals surface area contributed by atoms with Crippen molar-refractivity contribution >= 4 is 5.91 Å². The van der Waals surface area contributed by atoms with E-state index in [-0.39, 0.29) is 17.7 Å². The third-order valence-corrected chi connectivity index (χ3v) is 6.16. The quantitative estimate of drug-likeness (QED) is 0.840. The van der Waals surface area contributed by atoms with Gasteiger partial charge in [0, 0.05) is 38.1 Å². The zero-order valence-corrected chi connectivity index (χ0v) is 14.9. The largest absolute Gasteiger partial charge is 0.379 e. The lowest BCUT2D eigenvalue weighted by Crippen LogP contribution is -2.47. The average Bonchev–Trinajstić information content (AvgIpc) is 3.33. The zero-order chi connectivity index (χ0) is 17.4. The molecule has 5 heteroatoms. The van der Waals surface area contributed by atoms with E-state index >= 15 is 0 Å². The van der Waals surface area contributed by atoms with Crippen LogP contribution in [-0.4, -0.2) is 61.1 Å². The molecule has 3 aliphatic rings. The molecular formula is C20H27FN2O2. The maximum Gasteiger partial charge on any atom is 0.226 e. The van der Waals surface area contributed by atoms with E-state index in [4.69, 9.17) is 4.74 Å². The molecule has 2 saturated heterocycles. The van der Waals surface area contributed by atoms with Gasteiger partial charge in [-0.2, -0.15) is 0 Å². The molecule has 2 heterocycles. The number of likely N-dealkylation sites (tertiary alicyclic amines) is 1. The molecule has 4 nitrogen and oxygen atoms in total. The smallest absolute Gasteiger partial charge is 0.226 e. The van der Waals surface area contributed by atoms with Crippen molar-refractivity contribution in [3.05, 3.63) is 35.6 Å². The molecule has 1 amide bonds. The number of halogens is 1. The Kier molecular flexibility index (Phi) is 4.78. The molecule has 0 radical (unpaired) electrons. The zero-order valence-electron chi connectivity index (χ0n) is 14.9. The van der Waals surface area contributed by atoms with E-state index in [1.807, 2.05) is 12.1 Å². The molecule has 0 unspecified atom stereocenters. The number of benzene rings is 1. The van der Waals surface area contributed by atoms with E-state index in [9.17, 15) is 9.18 Å². The first kappa shape index (κ1) is 17.0. The van der Waals surface area contributed by atoms with Crippen molar-refractivity contribution in [1.29, 1.82) is 0 Å². The fraction of sp³-hybridized carbons (Fsp3) is 0.650. The number of hydrogen-bond acceptors (Lipinski definition) is 3. The van der Waals surface area contributed by atoms with Gasteiger partial charge in [0.15, 0.2) is 0 Å². The summed E-state index contributed by atoms with van der Waals surface area (Å²) in [7, 11) is 0. The summed E-state index contributed by atoms with van der Waals surface area (Å²) < 4.78 is 18.6. The highest BCUT2D eigenvalue weighted by Crippen LogP contribution is 2.49. The topological polar surface area (TPSA) is 32.8 Å². The number of morpholine rings is 1. The lowest BCUT2D eigenvalue weighted by atomic mass is 9.99. The van der Waals surface area contributed by atoms with Crippen LogP contribution in [0.15, 0.2) is 24.3 Å². The number of carbonyl (C=O) groups excluding carboxylic acids is 1. The van der Waals surface area contributed by atoms with E-state index in [0.29, 0.717) is 17.9 Å². The Morgan fingerprint density at radius 3 is 2.60 bits per heavy atom. The summed E-state index contributed by atoms with van der Waals surface area (Å²) in [6.07, 6.45) is 2.01. The third-order valence-electron chi connectivity index (χ3n) is 6.16. The van der Waals surface area contributed by atoms with Gasteiger partial charge in [-0.1, -0.05) is 25.5 Å². The Labute approximate surface area is 148 Å². The van der Waals surface area contributed by atoms with Gasteiger partial charge in [-0.15, -0.1) is 0 Å². The van der Waals surface area contributed by atoms with Crippen molar-refractivity contribution in [2.24, 2.45) is 11.8 Å². The Bertz CT molecular complexity index is 615. The lowest BCUT2D eigenvalue weighted by Gasteiger charge is -2.34. The van der Waals surface area contributed by atoms with Crippen molar-refractivity contribution < 1.29 is 13.9 Å². The summed E-state index contributed by atoms with van der Waals surface area (Å²) in [5.41, 5.74) is 1.09. The van der Waals surface area contributed by atoms with Crippen LogP contribution >= 0.6 is 0 Å². The molecule has 4 rings (SSSR count). The van der Waals surface area contributed by atoms with Crippen LogP contribution in [-0.2, 0) is 9.53 Å². The van der Waals surface area contributed by atoms with Gasteiger partial charge < -0.3 is 9.64 Å². The maximum atomic E-state index is 13.1. The van der Waals surface area contributed by atoms with E-state index in [0.717, 1.165) is 57.8 Å². The summed E-state index contributed by atoms with van der Waals surface area (Å²) in [5.74, 6) is 1.00. The Hall–Kier alpha value is -1.46. The maximum absolute atomic E-state index is 13.1. The van der Waals surface area contributed by atoms with Gasteiger partial charge in [0.05, 0.1) is 13.2 Å². The number of nitrogens with zero attached hydrogens (tertiary/aromatic N) is 2. The number of amides is 1. The molecule has 1 saturated carbocycles. The number of ether oxygens (including phenoxy) is 1. The first-order valence-corrected chi connectivity index (χ1v) is 9.53. The summed E-state index contributed by atoms with van der Waals surface area (Å²) in [5, 5.41) is 0. The molecule has 1 aliphatic carbocycles. The molecule has 1 aromatic rings. The van der Waals surface area contributed by atoms with Crippen LogP contribution in [0.5, 0.6) is 0 Å². The highest BCUT2D eigenvalue weighted by molar-refractivity contribution is 5.83.